The standard InChI is InChI=1S/C23H28ClN6O9PS.C22H27ClN5O8PS.C21H25ClN5O8PS/c1-11(31)25-9-17(40(34,35)36)41(37,38)10-16-18(32)19(33)22(39-16)30-21-14(8-26-30)20(28-23(24)29-21)27-15-7-6-12-4-2-3-5-13(12)15;1-22(2,37(31,32)33)38(34,35)10-15-16(29)17(30)20(36-15)28-19-13(9-24-28)18(26-21(23)27-19)25-14-8-7-11-5-3-4-6-12(11)14;1-10(36(30,31)32)37(33,34)9-15-16(28)17(29)20(35-15)27-19-13(8-23-27)18(25-21(22)26-19)24-14-7-6-11-4-2-3-5-12(11)14/h2-5,8,15-19,22,32-33H,6-7,9-10H2,1H3,(H,25,31)(H,27,28,29)(H2,34,35,36);3-6,9,14-17,20,29-30H,7-8,10H2,1-2H3,(H,25,26,27)(H2,31,32,33);2-5,8,10,14-17,20,28-29H,6-7,9H2,1H3,(H,24,25,26)(H2,30,31,32)/t15?,16-,17?,18-,19-,22-;14?,15-,16-,17-,20-;10?,14?,15-,16-,17-,20-/m111/s1. The normalized spacial score (nSPS) is 26.1. The number of aromatic nitrogens is 12. The van der Waals surface area contributed by atoms with Crippen molar-refractivity contribution in [2.75, 3.05) is 39.8 Å². The summed E-state index contributed by atoms with van der Waals surface area (Å²) in [5.41, 5.74) is 7.58. The van der Waals surface area contributed by atoms with Crippen molar-refractivity contribution < 1.29 is 118 Å². The molecular weight excluding hydrogens is 1710 g/mol. The summed E-state index contributed by atoms with van der Waals surface area (Å²) in [6.45, 7) is 2.89. The Morgan fingerprint density at radius 3 is 1.13 bits per heavy atom. The number of amides is 1. The molecule has 50 heteroatoms. The number of aliphatic hydroxyl groups is 6. The maximum absolute atomic E-state index is 13.0. The van der Waals surface area contributed by atoms with Crippen molar-refractivity contribution in [2.24, 2.45) is 0 Å². The lowest BCUT2D eigenvalue weighted by atomic mass is 10.1. The third-order valence-electron chi connectivity index (χ3n) is 21.3. The van der Waals surface area contributed by atoms with Gasteiger partial charge in [0.25, 0.3) is 0 Å². The molecule has 9 aromatic rings. The monoisotopic (exact) mass is 1790 g/mol. The van der Waals surface area contributed by atoms with Gasteiger partial charge in [-0.25, -0.2) is 39.3 Å². The largest absolute Gasteiger partial charge is 0.387 e. The summed E-state index contributed by atoms with van der Waals surface area (Å²) in [5, 5.41) is 89.8. The number of nitrogens with zero attached hydrogens (tertiary/aromatic N) is 12. The quantitative estimate of drug-likeness (QED) is 0.0323. The number of fused-ring (bicyclic) bond motifs is 6. The average molecular weight is 1790 g/mol. The van der Waals surface area contributed by atoms with Crippen molar-refractivity contribution in [3.8, 4) is 0 Å². The Balaban J connectivity index is 0.000000152. The zero-order valence-electron chi connectivity index (χ0n) is 61.3. The molecule has 16 N–H and O–H groups in total. The van der Waals surface area contributed by atoms with Crippen LogP contribution in [-0.4, -0.2) is 244 Å². The fourth-order valence-electron chi connectivity index (χ4n) is 14.6. The number of ether oxygens (including phenoxy) is 3. The SMILES string of the molecule is CC(=O)NCC(P(=O)(O)O)S(=O)(=O)C[C@H]1O[C@@H](n2ncc3c(NC4CCc5ccccc54)nc(Cl)nc32)[C@H](O)[C@@H]1O.CC(C)(P(=O)(O)O)S(=O)(=O)C[C@H]1O[C@@H](n2ncc3c(NC4CCc5ccccc54)nc(Cl)nc32)[C@H](O)[C@@H]1O.CC(P(=O)(O)O)S(=O)(=O)C[C@H]1O[C@@H](n2ncc3c(NC4CCc5ccccc54)nc(Cl)nc32)[C@H](O)[C@@H]1O. The molecule has 0 bridgehead atoms. The van der Waals surface area contributed by atoms with Crippen molar-refractivity contribution in [2.45, 2.75) is 172 Å². The van der Waals surface area contributed by atoms with E-state index in [1.54, 1.807) is 0 Å². The van der Waals surface area contributed by atoms with Gasteiger partial charge < -0.3 is 95.5 Å². The fourth-order valence-corrected chi connectivity index (χ4v) is 24.4. The van der Waals surface area contributed by atoms with Crippen LogP contribution in [0.2, 0.25) is 15.9 Å². The number of aryl methyl sites for hydroxylation is 3. The molecular formula is C66H80Cl3N16O25P3S3. The molecule has 3 fully saturated rings. The van der Waals surface area contributed by atoms with E-state index in [0.29, 0.717) is 33.6 Å². The highest BCUT2D eigenvalue weighted by Crippen LogP contribution is 2.55. The number of rotatable bonds is 23. The second-order valence-corrected chi connectivity index (χ2v) is 44.2. The van der Waals surface area contributed by atoms with Gasteiger partial charge in [-0.3, -0.25) is 18.5 Å². The highest BCUT2D eigenvalue weighted by molar-refractivity contribution is 7.99. The minimum absolute atomic E-state index is 0.0190. The van der Waals surface area contributed by atoms with E-state index in [9.17, 15) is 104 Å². The number of carbonyl (C=O) groups excluding carboxylic acids is 1. The summed E-state index contributed by atoms with van der Waals surface area (Å²) in [6, 6.07) is 24.0. The molecule has 3 aliphatic heterocycles. The molecule has 628 valence electrons. The lowest BCUT2D eigenvalue weighted by Crippen LogP contribution is -2.42. The maximum Gasteiger partial charge on any atom is 0.346 e. The van der Waals surface area contributed by atoms with E-state index in [1.165, 1.54) is 44.6 Å². The molecule has 41 nitrogen and oxygen atoms in total. The van der Waals surface area contributed by atoms with E-state index in [1.807, 2.05) is 54.6 Å². The average Bonchev–Trinajstić information content (AvgIpc) is 1.58. The minimum atomic E-state index is -5.24. The zero-order valence-corrected chi connectivity index (χ0v) is 68.7. The molecule has 0 spiro atoms. The first-order valence-corrected chi connectivity index (χ1v) is 46.9. The highest BCUT2D eigenvalue weighted by atomic mass is 35.5. The van der Waals surface area contributed by atoms with Gasteiger partial charge in [0.2, 0.25) is 21.8 Å². The van der Waals surface area contributed by atoms with Crippen LogP contribution in [0.3, 0.4) is 0 Å². The molecule has 116 heavy (non-hydrogen) atoms. The number of halogens is 3. The summed E-state index contributed by atoms with van der Waals surface area (Å²) in [6.07, 6.45) is -9.22. The highest BCUT2D eigenvalue weighted by Gasteiger charge is 2.55. The topological polar surface area (TPSA) is 620 Å². The van der Waals surface area contributed by atoms with Crippen molar-refractivity contribution in [1.82, 2.24) is 64.6 Å². The van der Waals surface area contributed by atoms with E-state index in [2.05, 4.69) is 84.7 Å². The van der Waals surface area contributed by atoms with E-state index in [-0.39, 0.29) is 50.9 Å². The molecule has 5 unspecified atom stereocenters. The predicted molar refractivity (Wildman–Crippen MR) is 416 cm³/mol. The van der Waals surface area contributed by atoms with Crippen LogP contribution in [0.25, 0.3) is 33.1 Å². The van der Waals surface area contributed by atoms with Crippen LogP contribution >= 0.6 is 57.6 Å². The van der Waals surface area contributed by atoms with E-state index in [4.69, 9.17) is 49.0 Å². The van der Waals surface area contributed by atoms with Crippen molar-refractivity contribution >= 4 is 144 Å². The maximum atomic E-state index is 13.0. The van der Waals surface area contributed by atoms with Crippen LogP contribution < -0.4 is 21.3 Å². The molecule has 9 heterocycles. The fraction of sp³-hybridized carbons (Fsp3) is 0.485. The van der Waals surface area contributed by atoms with Crippen LogP contribution in [0, 0.1) is 0 Å². The van der Waals surface area contributed by atoms with Gasteiger partial charge in [0.1, 0.15) is 72.4 Å². The molecule has 6 aliphatic rings. The number of anilines is 3. The summed E-state index contributed by atoms with van der Waals surface area (Å²) < 4.78 is 130. The van der Waals surface area contributed by atoms with Gasteiger partial charge in [-0.1, -0.05) is 72.8 Å². The van der Waals surface area contributed by atoms with E-state index in [0.717, 1.165) is 87.6 Å². The van der Waals surface area contributed by atoms with Crippen LogP contribution in [-0.2, 0) is 81.5 Å². The first kappa shape index (κ1) is 86.8. The Morgan fingerprint density at radius 2 is 0.819 bits per heavy atom. The van der Waals surface area contributed by atoms with Gasteiger partial charge in [-0.15, -0.1) is 0 Å². The Morgan fingerprint density at radius 1 is 0.500 bits per heavy atom. The van der Waals surface area contributed by atoms with Crippen LogP contribution in [0.4, 0.5) is 17.5 Å². The van der Waals surface area contributed by atoms with E-state index < -0.39 is 170 Å². The molecule has 3 aromatic carbocycles. The number of sulfone groups is 3. The third-order valence-corrected chi connectivity index (χ3v) is 36.1. The molecule has 17 atom stereocenters. The number of hydrogen-bond donors (Lipinski definition) is 16. The second kappa shape index (κ2) is 33.2. The van der Waals surface area contributed by atoms with Crippen LogP contribution in [0.15, 0.2) is 91.4 Å². The van der Waals surface area contributed by atoms with Gasteiger partial charge >= 0.3 is 22.8 Å². The van der Waals surface area contributed by atoms with Crippen molar-refractivity contribution in [1.29, 1.82) is 0 Å². The van der Waals surface area contributed by atoms with Crippen LogP contribution in [0.5, 0.6) is 0 Å². The Hall–Kier alpha value is -7.01. The molecule has 0 saturated carbocycles. The van der Waals surface area contributed by atoms with Crippen LogP contribution in [0.1, 0.15) is 117 Å². The second-order valence-electron chi connectivity index (χ2n) is 29.0. The first-order valence-electron chi connectivity index (χ1n) is 35.7. The summed E-state index contributed by atoms with van der Waals surface area (Å²) in [5.74, 6) is -2.42. The molecule has 3 saturated heterocycles. The lowest BCUT2D eigenvalue weighted by Gasteiger charge is -2.27. The number of nitrogens with one attached hydrogen (secondary N) is 4. The Kier molecular flexibility index (Phi) is 24.8. The first-order chi connectivity index (χ1) is 54.3. The lowest BCUT2D eigenvalue weighted by molar-refractivity contribution is -0.118. The number of benzene rings is 3. The summed E-state index contributed by atoms with van der Waals surface area (Å²) >= 11 is 18.6. The van der Waals surface area contributed by atoms with Crippen molar-refractivity contribution in [3.05, 3.63) is 141 Å². The summed E-state index contributed by atoms with van der Waals surface area (Å²) in [7, 11) is -28.8. The number of hydrogen-bond acceptors (Lipinski definition) is 31. The van der Waals surface area contributed by atoms with E-state index >= 15 is 0 Å². The number of carbonyl (C=O) groups is 1. The Bertz CT molecular complexity index is 5770. The third kappa shape index (κ3) is 17.5. The molecule has 1 amide bonds. The van der Waals surface area contributed by atoms with Crippen molar-refractivity contribution in [3.63, 3.8) is 0 Å². The smallest absolute Gasteiger partial charge is 0.346 e. The van der Waals surface area contributed by atoms with Gasteiger partial charge in [-0.05, 0) is 127 Å². The Labute approximate surface area is 674 Å². The molecule has 0 radical (unpaired) electrons. The summed E-state index contributed by atoms with van der Waals surface area (Å²) in [4.78, 5) is 89.3. The molecule has 3 aliphatic carbocycles. The minimum Gasteiger partial charge on any atom is -0.387 e. The number of aliphatic hydroxyl groups excluding tert-OH is 6. The zero-order chi connectivity index (χ0) is 84.0. The predicted octanol–water partition coefficient (Wildman–Crippen LogP) is 2.92. The van der Waals surface area contributed by atoms with Gasteiger partial charge in [0.15, 0.2) is 79.6 Å². The van der Waals surface area contributed by atoms with Gasteiger partial charge in [-0.2, -0.15) is 45.2 Å². The molecule has 15 rings (SSSR count). The van der Waals surface area contributed by atoms with Gasteiger partial charge in [0, 0.05) is 13.5 Å². The molecule has 6 aromatic heterocycles. The van der Waals surface area contributed by atoms with Gasteiger partial charge in [0.05, 0.1) is 70.1 Å².